The Morgan fingerprint density at radius 3 is 3.17 bits per heavy atom. The van der Waals surface area contributed by atoms with Crippen LogP contribution in [-0.2, 0) is 11.2 Å². The Kier molecular flexibility index (Phi) is 3.63. The van der Waals surface area contributed by atoms with Gasteiger partial charge in [-0.25, -0.2) is 4.98 Å². The van der Waals surface area contributed by atoms with Gasteiger partial charge < -0.3 is 5.32 Å². The molecule has 23 heavy (non-hydrogen) atoms. The Balaban J connectivity index is 1.59. The number of aromatic nitrogens is 4. The molecule has 1 unspecified atom stereocenters. The lowest BCUT2D eigenvalue weighted by Gasteiger charge is -2.23. The number of amides is 1. The molecular weight excluding hydrogens is 310 g/mol. The Bertz CT molecular complexity index is 827. The van der Waals surface area contributed by atoms with Crippen molar-refractivity contribution in [3.8, 4) is 10.7 Å². The van der Waals surface area contributed by atoms with Gasteiger partial charge in [0.1, 0.15) is 10.7 Å². The lowest BCUT2D eigenvalue weighted by Crippen LogP contribution is -2.25. The zero-order valence-corrected chi connectivity index (χ0v) is 13.1. The topological polar surface area (TPSA) is 83.6 Å². The first-order valence-electron chi connectivity index (χ1n) is 7.51. The molecule has 0 saturated heterocycles. The molecule has 3 heterocycles. The van der Waals surface area contributed by atoms with Crippen LogP contribution in [0.4, 0.5) is 5.69 Å². The van der Waals surface area contributed by atoms with Crippen molar-refractivity contribution in [1.82, 2.24) is 20.2 Å². The van der Waals surface area contributed by atoms with Crippen LogP contribution in [0.1, 0.15) is 30.0 Å². The van der Waals surface area contributed by atoms with Crippen LogP contribution in [0.5, 0.6) is 0 Å². The molecule has 0 fully saturated rings. The molecule has 0 aromatic carbocycles. The summed E-state index contributed by atoms with van der Waals surface area (Å²) in [6, 6.07) is 3.98. The lowest BCUT2D eigenvalue weighted by atomic mass is 9.86. The first kappa shape index (κ1) is 14.1. The quantitative estimate of drug-likeness (QED) is 0.775. The summed E-state index contributed by atoms with van der Waals surface area (Å²) >= 11 is 1.50. The van der Waals surface area contributed by atoms with Crippen molar-refractivity contribution in [3.63, 3.8) is 0 Å². The summed E-state index contributed by atoms with van der Waals surface area (Å²) < 4.78 is 0. The molecule has 4 rings (SSSR count). The lowest BCUT2D eigenvalue weighted by molar-refractivity contribution is -0.118. The molecule has 0 radical (unpaired) electrons. The summed E-state index contributed by atoms with van der Waals surface area (Å²) in [7, 11) is 0. The number of anilines is 1. The molecule has 116 valence electrons. The van der Waals surface area contributed by atoms with Crippen LogP contribution in [-0.4, -0.2) is 26.1 Å². The summed E-state index contributed by atoms with van der Waals surface area (Å²) in [4.78, 5) is 21.4. The summed E-state index contributed by atoms with van der Waals surface area (Å²) in [5, 5.41) is 12.6. The minimum absolute atomic E-state index is 0.0381. The monoisotopic (exact) mass is 325 g/mol. The molecule has 0 bridgehead atoms. The average Bonchev–Trinajstić information content (AvgIpc) is 3.25. The van der Waals surface area contributed by atoms with Gasteiger partial charge in [0.25, 0.3) is 0 Å². The number of aromatic amines is 1. The number of aryl methyl sites for hydroxylation is 1. The van der Waals surface area contributed by atoms with Gasteiger partial charge in [-0.15, -0.1) is 11.3 Å². The molecular formula is C16H15N5OS. The molecule has 0 saturated carbocycles. The standard InChI is InChI=1S/C16H15N5OS/c22-15(11-5-1-3-10-4-2-6-17-13(10)11)20-12-9-19-21-14(12)16-18-7-8-23-16/h2,4,6-9,11H,1,3,5H2,(H,19,21)(H,20,22). The molecule has 3 aromatic rings. The number of fused-ring (bicyclic) bond motifs is 1. The molecule has 0 spiro atoms. The molecule has 3 aromatic heterocycles. The second kappa shape index (κ2) is 5.92. The van der Waals surface area contributed by atoms with Gasteiger partial charge in [-0.3, -0.25) is 14.9 Å². The van der Waals surface area contributed by atoms with Crippen LogP contribution in [0.2, 0.25) is 0 Å². The van der Waals surface area contributed by atoms with Gasteiger partial charge in [0.05, 0.1) is 23.5 Å². The van der Waals surface area contributed by atoms with Crippen LogP contribution >= 0.6 is 11.3 Å². The highest BCUT2D eigenvalue weighted by molar-refractivity contribution is 7.13. The van der Waals surface area contributed by atoms with E-state index in [2.05, 4.69) is 31.5 Å². The van der Waals surface area contributed by atoms with Crippen LogP contribution in [0.3, 0.4) is 0 Å². The fourth-order valence-electron chi connectivity index (χ4n) is 2.98. The van der Waals surface area contributed by atoms with Crippen molar-refractivity contribution in [1.29, 1.82) is 0 Å². The number of rotatable bonds is 3. The zero-order valence-electron chi connectivity index (χ0n) is 12.3. The summed E-state index contributed by atoms with van der Waals surface area (Å²) in [6.07, 6.45) is 7.92. The second-order valence-corrected chi connectivity index (χ2v) is 6.37. The van der Waals surface area contributed by atoms with Crippen molar-refractivity contribution in [2.75, 3.05) is 5.32 Å². The smallest absolute Gasteiger partial charge is 0.233 e. The molecule has 0 aliphatic heterocycles. The van der Waals surface area contributed by atoms with E-state index >= 15 is 0 Å². The number of H-pyrrole nitrogens is 1. The number of nitrogens with zero attached hydrogens (tertiary/aromatic N) is 3. The Labute approximate surface area is 137 Å². The maximum Gasteiger partial charge on any atom is 0.233 e. The maximum atomic E-state index is 12.7. The first-order chi connectivity index (χ1) is 11.3. The highest BCUT2D eigenvalue weighted by atomic mass is 32.1. The number of carbonyl (C=O) groups excluding carboxylic acids is 1. The van der Waals surface area contributed by atoms with Gasteiger partial charge in [-0.1, -0.05) is 6.07 Å². The highest BCUT2D eigenvalue weighted by Gasteiger charge is 2.28. The summed E-state index contributed by atoms with van der Waals surface area (Å²) in [5.74, 6) is -0.247. The van der Waals surface area contributed by atoms with Crippen molar-refractivity contribution in [2.45, 2.75) is 25.2 Å². The normalized spacial score (nSPS) is 16.8. The largest absolute Gasteiger partial charge is 0.322 e. The molecule has 1 aliphatic carbocycles. The highest BCUT2D eigenvalue weighted by Crippen LogP contribution is 2.32. The average molecular weight is 325 g/mol. The van der Waals surface area contributed by atoms with Gasteiger partial charge in [-0.05, 0) is 30.9 Å². The fraction of sp³-hybridized carbons (Fsp3) is 0.250. The van der Waals surface area contributed by atoms with Gasteiger partial charge in [-0.2, -0.15) is 5.10 Å². The van der Waals surface area contributed by atoms with Gasteiger partial charge in [0.15, 0.2) is 0 Å². The minimum Gasteiger partial charge on any atom is -0.322 e. The number of hydrogen-bond donors (Lipinski definition) is 2. The summed E-state index contributed by atoms with van der Waals surface area (Å²) in [5.41, 5.74) is 3.47. The number of carbonyl (C=O) groups is 1. The van der Waals surface area contributed by atoms with Crippen molar-refractivity contribution in [3.05, 3.63) is 47.4 Å². The Hall–Kier alpha value is -2.54. The van der Waals surface area contributed by atoms with Crippen molar-refractivity contribution in [2.24, 2.45) is 0 Å². The molecule has 7 heteroatoms. The van der Waals surface area contributed by atoms with Gasteiger partial charge in [0.2, 0.25) is 5.91 Å². The van der Waals surface area contributed by atoms with Crippen LogP contribution in [0, 0.1) is 0 Å². The predicted molar refractivity (Wildman–Crippen MR) is 88.2 cm³/mol. The second-order valence-electron chi connectivity index (χ2n) is 5.48. The van der Waals surface area contributed by atoms with Crippen LogP contribution < -0.4 is 5.32 Å². The number of pyridine rings is 1. The maximum absolute atomic E-state index is 12.7. The summed E-state index contributed by atoms with van der Waals surface area (Å²) in [6.45, 7) is 0. The third-order valence-corrected chi connectivity index (χ3v) is 4.85. The van der Waals surface area contributed by atoms with E-state index in [0.29, 0.717) is 5.69 Å². The van der Waals surface area contributed by atoms with E-state index in [1.807, 2.05) is 11.4 Å². The molecule has 2 N–H and O–H groups in total. The number of hydrogen-bond acceptors (Lipinski definition) is 5. The Morgan fingerprint density at radius 1 is 1.35 bits per heavy atom. The predicted octanol–water partition coefficient (Wildman–Crippen LogP) is 2.99. The third kappa shape index (κ3) is 2.63. The van der Waals surface area contributed by atoms with Crippen molar-refractivity contribution < 1.29 is 4.79 Å². The van der Waals surface area contributed by atoms with Crippen LogP contribution in [0.15, 0.2) is 36.1 Å². The zero-order chi connectivity index (χ0) is 15.6. The Morgan fingerprint density at radius 2 is 2.30 bits per heavy atom. The minimum atomic E-state index is -0.209. The third-order valence-electron chi connectivity index (χ3n) is 4.05. The molecule has 6 nitrogen and oxygen atoms in total. The molecule has 1 amide bonds. The number of thiazole rings is 1. The van der Waals surface area contributed by atoms with E-state index in [4.69, 9.17) is 0 Å². The van der Waals surface area contributed by atoms with E-state index in [0.717, 1.165) is 35.7 Å². The van der Waals surface area contributed by atoms with Gasteiger partial charge >= 0.3 is 0 Å². The van der Waals surface area contributed by atoms with E-state index in [1.54, 1.807) is 18.6 Å². The fourth-order valence-corrected chi connectivity index (χ4v) is 3.62. The van der Waals surface area contributed by atoms with Gasteiger partial charge in [0, 0.05) is 17.8 Å². The molecule has 1 aliphatic rings. The van der Waals surface area contributed by atoms with Crippen LogP contribution in [0.25, 0.3) is 10.7 Å². The van der Waals surface area contributed by atoms with E-state index in [9.17, 15) is 4.79 Å². The van der Waals surface area contributed by atoms with E-state index < -0.39 is 0 Å². The van der Waals surface area contributed by atoms with Crippen molar-refractivity contribution >= 4 is 22.9 Å². The van der Waals surface area contributed by atoms with E-state index in [1.165, 1.54) is 16.9 Å². The first-order valence-corrected chi connectivity index (χ1v) is 8.39. The SMILES string of the molecule is O=C(Nc1cn[nH]c1-c1nccs1)C1CCCc2cccnc21. The van der Waals surface area contributed by atoms with E-state index in [-0.39, 0.29) is 11.8 Å². The molecule has 1 atom stereocenters. The number of nitrogens with one attached hydrogen (secondary N) is 2.